The summed E-state index contributed by atoms with van der Waals surface area (Å²) in [6.07, 6.45) is 6.38. The van der Waals surface area contributed by atoms with E-state index in [0.717, 1.165) is 35.5 Å². The van der Waals surface area contributed by atoms with E-state index in [4.69, 9.17) is 4.98 Å². The van der Waals surface area contributed by atoms with E-state index in [0.29, 0.717) is 25.1 Å². The van der Waals surface area contributed by atoms with Crippen LogP contribution < -0.4 is 0 Å². The van der Waals surface area contributed by atoms with Crippen molar-refractivity contribution in [2.24, 2.45) is 0 Å². The third-order valence-electron chi connectivity index (χ3n) is 6.52. The molecule has 164 valence electrons. The second-order valence-electron chi connectivity index (χ2n) is 8.84. The molecule has 2 aromatic heterocycles. The second-order valence-corrected chi connectivity index (χ2v) is 8.84. The summed E-state index contributed by atoms with van der Waals surface area (Å²) in [5.41, 5.74) is 3.35. The molecule has 2 amide bonds. The molecule has 2 atom stereocenters. The van der Waals surface area contributed by atoms with Gasteiger partial charge in [-0.15, -0.1) is 0 Å². The Kier molecular flexibility index (Phi) is 5.25. The van der Waals surface area contributed by atoms with Crippen LogP contribution in [0.4, 0.5) is 0 Å². The lowest BCUT2D eigenvalue weighted by Crippen LogP contribution is -2.43. The van der Waals surface area contributed by atoms with Crippen LogP contribution in [0.5, 0.6) is 0 Å². The van der Waals surface area contributed by atoms with Crippen molar-refractivity contribution in [3.63, 3.8) is 0 Å². The number of nitrogens with zero attached hydrogens (tertiary/aromatic N) is 5. The summed E-state index contributed by atoms with van der Waals surface area (Å²) in [6, 6.07) is 14.0. The van der Waals surface area contributed by atoms with Crippen molar-refractivity contribution in [2.75, 3.05) is 14.1 Å². The Labute approximate surface area is 187 Å². The van der Waals surface area contributed by atoms with Crippen LogP contribution in [0, 0.1) is 0 Å². The summed E-state index contributed by atoms with van der Waals surface area (Å²) in [5.74, 6) is 0.839. The maximum absolute atomic E-state index is 13.3. The molecular formula is C25H27N5O2. The summed E-state index contributed by atoms with van der Waals surface area (Å²) in [7, 11) is 3.51. The van der Waals surface area contributed by atoms with E-state index < -0.39 is 0 Å². The average molecular weight is 430 g/mol. The van der Waals surface area contributed by atoms with E-state index in [9.17, 15) is 9.59 Å². The Bertz CT molecular complexity index is 1140. The summed E-state index contributed by atoms with van der Waals surface area (Å²) in [5, 5.41) is 0. The van der Waals surface area contributed by atoms with Gasteiger partial charge in [0, 0.05) is 51.1 Å². The third-order valence-corrected chi connectivity index (χ3v) is 6.52. The van der Waals surface area contributed by atoms with Gasteiger partial charge < -0.3 is 14.4 Å². The number of hydrogen-bond acceptors (Lipinski definition) is 4. The Morgan fingerprint density at radius 2 is 1.84 bits per heavy atom. The number of aromatic nitrogens is 3. The molecule has 0 unspecified atom stereocenters. The normalized spacial score (nSPS) is 19.4. The topological polar surface area (TPSA) is 71.3 Å². The minimum atomic E-state index is -0.0954. The van der Waals surface area contributed by atoms with Crippen molar-refractivity contribution in [3.8, 4) is 11.4 Å². The van der Waals surface area contributed by atoms with Gasteiger partial charge >= 0.3 is 0 Å². The van der Waals surface area contributed by atoms with Crippen molar-refractivity contribution in [2.45, 2.75) is 44.3 Å². The van der Waals surface area contributed by atoms with Crippen molar-refractivity contribution >= 4 is 11.8 Å². The van der Waals surface area contributed by atoms with Crippen LogP contribution in [0.3, 0.4) is 0 Å². The Morgan fingerprint density at radius 1 is 1.06 bits per heavy atom. The zero-order valence-corrected chi connectivity index (χ0v) is 18.4. The SMILES string of the molecule is CN(C)C(=O)c1nc(-c2ccccc2)n2c1C[C@@H]1CC[C@H](C2)N1C(=O)Cc1cccnc1. The summed E-state index contributed by atoms with van der Waals surface area (Å²) >= 11 is 0. The number of hydrogen-bond donors (Lipinski definition) is 0. The first-order valence-electron chi connectivity index (χ1n) is 11.1. The molecule has 5 rings (SSSR count). The molecule has 2 bridgehead atoms. The minimum absolute atomic E-state index is 0.0828. The number of amides is 2. The van der Waals surface area contributed by atoms with Gasteiger partial charge in [-0.25, -0.2) is 4.98 Å². The molecule has 0 N–H and O–H groups in total. The van der Waals surface area contributed by atoms with Gasteiger partial charge in [0.2, 0.25) is 5.91 Å². The molecule has 7 nitrogen and oxygen atoms in total. The Balaban J connectivity index is 1.53. The van der Waals surface area contributed by atoms with Gasteiger partial charge in [-0.05, 0) is 24.5 Å². The number of fused-ring (bicyclic) bond motifs is 3. The number of benzene rings is 1. The van der Waals surface area contributed by atoms with Crippen LogP contribution in [0.1, 0.15) is 34.6 Å². The lowest BCUT2D eigenvalue weighted by molar-refractivity contribution is -0.133. The number of carbonyl (C=O) groups is 2. The molecule has 3 aromatic rings. The summed E-state index contributed by atoms with van der Waals surface area (Å²) < 4.78 is 2.18. The quantitative estimate of drug-likeness (QED) is 0.639. The van der Waals surface area contributed by atoms with Crippen molar-refractivity contribution in [3.05, 3.63) is 71.8 Å². The molecule has 0 aliphatic carbocycles. The van der Waals surface area contributed by atoms with Crippen LogP contribution in [0.2, 0.25) is 0 Å². The van der Waals surface area contributed by atoms with Crippen LogP contribution in [0.15, 0.2) is 54.9 Å². The smallest absolute Gasteiger partial charge is 0.273 e. The highest BCUT2D eigenvalue weighted by atomic mass is 16.2. The van der Waals surface area contributed by atoms with Crippen molar-refractivity contribution < 1.29 is 9.59 Å². The van der Waals surface area contributed by atoms with E-state index >= 15 is 0 Å². The van der Waals surface area contributed by atoms with Gasteiger partial charge in [-0.2, -0.15) is 0 Å². The second kappa shape index (κ2) is 8.22. The van der Waals surface area contributed by atoms with Gasteiger partial charge in [-0.1, -0.05) is 36.4 Å². The number of pyridine rings is 1. The number of rotatable bonds is 4. The van der Waals surface area contributed by atoms with Crippen LogP contribution in [0.25, 0.3) is 11.4 Å². The zero-order valence-electron chi connectivity index (χ0n) is 18.4. The van der Waals surface area contributed by atoms with Crippen LogP contribution in [-0.4, -0.2) is 62.3 Å². The minimum Gasteiger partial charge on any atom is -0.343 e. The van der Waals surface area contributed by atoms with E-state index in [2.05, 4.69) is 14.5 Å². The average Bonchev–Trinajstić information content (AvgIpc) is 3.30. The molecule has 2 aliphatic heterocycles. The lowest BCUT2D eigenvalue weighted by Gasteiger charge is -2.28. The molecule has 1 saturated heterocycles. The van der Waals surface area contributed by atoms with Crippen LogP contribution in [-0.2, 0) is 24.2 Å². The molecule has 1 fully saturated rings. The summed E-state index contributed by atoms with van der Waals surface area (Å²) in [4.78, 5) is 38.9. The molecule has 4 heterocycles. The van der Waals surface area contributed by atoms with Crippen molar-refractivity contribution in [1.82, 2.24) is 24.3 Å². The molecule has 0 saturated carbocycles. The fourth-order valence-electron chi connectivity index (χ4n) is 5.03. The van der Waals surface area contributed by atoms with Gasteiger partial charge in [-0.3, -0.25) is 14.6 Å². The van der Waals surface area contributed by atoms with Gasteiger partial charge in [0.1, 0.15) is 11.5 Å². The standard InChI is InChI=1S/C25H27N5O2/c1-28(2)25(32)23-21-14-19-10-11-20(30(19)22(31)13-17-7-6-12-26-15-17)16-29(21)24(27-23)18-8-4-3-5-9-18/h3-9,12,15,19-20H,10-11,13-14,16H2,1-2H3/t19-,20+/m0/s1. The Morgan fingerprint density at radius 3 is 2.56 bits per heavy atom. The van der Waals surface area contributed by atoms with Gasteiger partial charge in [0.15, 0.2) is 0 Å². The maximum atomic E-state index is 13.3. The Hall–Kier alpha value is -3.48. The fraction of sp³-hybridized carbons (Fsp3) is 0.360. The highest BCUT2D eigenvalue weighted by Gasteiger charge is 2.42. The zero-order chi connectivity index (χ0) is 22.2. The first kappa shape index (κ1) is 20.4. The third kappa shape index (κ3) is 3.57. The molecule has 0 spiro atoms. The van der Waals surface area contributed by atoms with E-state index in [-0.39, 0.29) is 23.9 Å². The molecular weight excluding hydrogens is 402 g/mol. The molecule has 1 aromatic carbocycles. The monoisotopic (exact) mass is 429 g/mol. The largest absolute Gasteiger partial charge is 0.343 e. The number of carbonyl (C=O) groups excluding carboxylic acids is 2. The molecule has 2 aliphatic rings. The first-order valence-corrected chi connectivity index (χ1v) is 11.1. The first-order chi connectivity index (χ1) is 15.5. The van der Waals surface area contributed by atoms with E-state index in [1.165, 1.54) is 0 Å². The molecule has 32 heavy (non-hydrogen) atoms. The summed E-state index contributed by atoms with van der Waals surface area (Å²) in [6.45, 7) is 0.655. The maximum Gasteiger partial charge on any atom is 0.273 e. The highest BCUT2D eigenvalue weighted by Crippen LogP contribution is 2.36. The molecule has 0 radical (unpaired) electrons. The lowest BCUT2D eigenvalue weighted by atomic mass is 10.0. The predicted molar refractivity (Wildman–Crippen MR) is 121 cm³/mol. The fourth-order valence-corrected chi connectivity index (χ4v) is 5.03. The van der Waals surface area contributed by atoms with E-state index in [1.54, 1.807) is 31.4 Å². The van der Waals surface area contributed by atoms with Crippen LogP contribution >= 0.6 is 0 Å². The highest BCUT2D eigenvalue weighted by molar-refractivity contribution is 5.94. The number of imidazole rings is 1. The molecule has 7 heteroatoms. The predicted octanol–water partition coefficient (Wildman–Crippen LogP) is 2.81. The van der Waals surface area contributed by atoms with Gasteiger partial charge in [0.05, 0.1) is 18.2 Å². The van der Waals surface area contributed by atoms with Crippen molar-refractivity contribution in [1.29, 1.82) is 0 Å². The van der Waals surface area contributed by atoms with E-state index in [1.807, 2.05) is 42.5 Å². The van der Waals surface area contributed by atoms with Gasteiger partial charge in [0.25, 0.3) is 5.91 Å².